The maximum atomic E-state index is 10.4. The van der Waals surface area contributed by atoms with Crippen LogP contribution < -0.4 is 24.6 Å². The SMILES string of the molecule is COc1ccc2c(c1O)=CN1CCc3cc4c(cc3C1C=2)OCO4. The van der Waals surface area contributed by atoms with Crippen molar-refractivity contribution >= 4 is 12.3 Å². The van der Waals surface area contributed by atoms with Crippen molar-refractivity contribution in [2.24, 2.45) is 0 Å². The average molecular weight is 323 g/mol. The number of fused-ring (bicyclic) bond motifs is 5. The first-order chi connectivity index (χ1) is 11.7. The van der Waals surface area contributed by atoms with E-state index >= 15 is 0 Å². The number of phenolic OH excluding ortho intramolecular Hbond substituents is 1. The Bertz CT molecular complexity index is 966. The van der Waals surface area contributed by atoms with E-state index in [0.717, 1.165) is 34.9 Å². The van der Waals surface area contributed by atoms with E-state index in [1.165, 1.54) is 11.1 Å². The first kappa shape index (κ1) is 13.6. The van der Waals surface area contributed by atoms with Crippen molar-refractivity contribution in [3.05, 3.63) is 45.8 Å². The van der Waals surface area contributed by atoms with Crippen LogP contribution in [-0.2, 0) is 6.42 Å². The van der Waals surface area contributed by atoms with Crippen molar-refractivity contribution in [3.8, 4) is 23.0 Å². The lowest BCUT2D eigenvalue weighted by Gasteiger charge is -2.36. The molecule has 0 amide bonds. The largest absolute Gasteiger partial charge is 0.504 e. The summed E-state index contributed by atoms with van der Waals surface area (Å²) in [7, 11) is 1.57. The number of methoxy groups -OCH3 is 1. The van der Waals surface area contributed by atoms with Gasteiger partial charge in [0.25, 0.3) is 0 Å². The van der Waals surface area contributed by atoms with Crippen molar-refractivity contribution in [1.82, 2.24) is 4.90 Å². The molecule has 24 heavy (non-hydrogen) atoms. The summed E-state index contributed by atoms with van der Waals surface area (Å²) in [6.07, 6.45) is 5.16. The van der Waals surface area contributed by atoms with E-state index in [9.17, 15) is 5.11 Å². The minimum atomic E-state index is 0.142. The maximum Gasteiger partial charge on any atom is 0.231 e. The number of ether oxygens (including phenoxy) is 3. The molecule has 0 fully saturated rings. The molecule has 1 unspecified atom stereocenters. The Morgan fingerprint density at radius 2 is 2.04 bits per heavy atom. The van der Waals surface area contributed by atoms with Gasteiger partial charge in [-0.3, -0.25) is 0 Å². The van der Waals surface area contributed by atoms with E-state index in [4.69, 9.17) is 14.2 Å². The first-order valence-corrected chi connectivity index (χ1v) is 8.02. The lowest BCUT2D eigenvalue weighted by atomic mass is 9.90. The summed E-state index contributed by atoms with van der Waals surface area (Å²) in [6, 6.07) is 8.13. The molecule has 5 heteroatoms. The standard InChI is InChI=1S/C19H17NO4/c1-22-16-3-2-11-6-15-13-8-18-17(23-10-24-18)7-12(13)4-5-20(15)9-14(11)19(16)21/h2-3,6-9,15,21H,4-5,10H2,1H3. The third kappa shape index (κ3) is 1.81. The summed E-state index contributed by atoms with van der Waals surface area (Å²) in [5.41, 5.74) is 2.54. The van der Waals surface area contributed by atoms with E-state index in [2.05, 4.69) is 23.1 Å². The quantitative estimate of drug-likeness (QED) is 0.856. The van der Waals surface area contributed by atoms with Gasteiger partial charge in [-0.2, -0.15) is 0 Å². The Morgan fingerprint density at radius 3 is 2.88 bits per heavy atom. The highest BCUT2D eigenvalue weighted by Gasteiger charge is 2.29. The highest BCUT2D eigenvalue weighted by atomic mass is 16.7. The van der Waals surface area contributed by atoms with Crippen molar-refractivity contribution in [2.45, 2.75) is 12.5 Å². The topological polar surface area (TPSA) is 51.2 Å². The number of rotatable bonds is 1. The van der Waals surface area contributed by atoms with Gasteiger partial charge in [-0.25, -0.2) is 0 Å². The Hall–Kier alpha value is -2.82. The molecule has 122 valence electrons. The molecule has 0 aromatic heterocycles. The molecule has 0 spiro atoms. The summed E-state index contributed by atoms with van der Waals surface area (Å²) < 4.78 is 16.3. The second-order valence-corrected chi connectivity index (χ2v) is 6.25. The van der Waals surface area contributed by atoms with Crippen LogP contribution in [0.3, 0.4) is 0 Å². The predicted molar refractivity (Wildman–Crippen MR) is 88.6 cm³/mol. The van der Waals surface area contributed by atoms with Crippen molar-refractivity contribution < 1.29 is 19.3 Å². The van der Waals surface area contributed by atoms with Crippen molar-refractivity contribution in [2.75, 3.05) is 20.4 Å². The zero-order chi connectivity index (χ0) is 16.3. The van der Waals surface area contributed by atoms with E-state index in [1.54, 1.807) is 13.2 Å². The molecule has 5 nitrogen and oxygen atoms in total. The van der Waals surface area contributed by atoms with Crippen LogP contribution in [0.15, 0.2) is 24.3 Å². The molecular weight excluding hydrogens is 306 g/mol. The van der Waals surface area contributed by atoms with Gasteiger partial charge >= 0.3 is 0 Å². The molecule has 3 aliphatic rings. The Morgan fingerprint density at radius 1 is 1.21 bits per heavy atom. The second-order valence-electron chi connectivity index (χ2n) is 6.25. The third-order valence-corrected chi connectivity index (χ3v) is 5.02. The van der Waals surface area contributed by atoms with Gasteiger partial charge in [0, 0.05) is 18.0 Å². The second kappa shape index (κ2) is 4.84. The number of hydrogen-bond donors (Lipinski definition) is 1. The van der Waals surface area contributed by atoms with Crippen LogP contribution in [0, 0.1) is 0 Å². The molecule has 0 aliphatic carbocycles. The smallest absolute Gasteiger partial charge is 0.231 e. The van der Waals surface area contributed by atoms with Gasteiger partial charge in [0.05, 0.1) is 13.2 Å². The molecule has 0 radical (unpaired) electrons. The summed E-state index contributed by atoms with van der Waals surface area (Å²) in [4.78, 5) is 2.26. The molecule has 3 aliphatic heterocycles. The summed E-state index contributed by atoms with van der Waals surface area (Å²) in [6.45, 7) is 1.18. The molecule has 1 atom stereocenters. The van der Waals surface area contributed by atoms with E-state index in [-0.39, 0.29) is 11.8 Å². The fourth-order valence-electron chi connectivity index (χ4n) is 3.77. The number of hydrogen-bond acceptors (Lipinski definition) is 5. The van der Waals surface area contributed by atoms with Crippen molar-refractivity contribution in [1.29, 1.82) is 0 Å². The molecule has 0 saturated carbocycles. The van der Waals surface area contributed by atoms with Gasteiger partial charge in [0.1, 0.15) is 0 Å². The van der Waals surface area contributed by atoms with Gasteiger partial charge in [0.2, 0.25) is 6.79 Å². The van der Waals surface area contributed by atoms with Crippen LogP contribution in [0.5, 0.6) is 23.0 Å². The molecule has 0 bridgehead atoms. The lowest BCUT2D eigenvalue weighted by molar-refractivity contribution is 0.174. The van der Waals surface area contributed by atoms with Crippen molar-refractivity contribution in [3.63, 3.8) is 0 Å². The van der Waals surface area contributed by atoms with Crippen LogP contribution in [0.2, 0.25) is 0 Å². The van der Waals surface area contributed by atoms with E-state index in [1.807, 2.05) is 12.3 Å². The Labute approximate surface area is 139 Å². The Balaban J connectivity index is 1.69. The van der Waals surface area contributed by atoms with Crippen LogP contribution in [-0.4, -0.2) is 30.5 Å². The normalized spacial score (nSPS) is 19.5. The highest BCUT2D eigenvalue weighted by Crippen LogP contribution is 2.41. The minimum Gasteiger partial charge on any atom is -0.504 e. The fourth-order valence-corrected chi connectivity index (χ4v) is 3.77. The molecule has 0 saturated heterocycles. The van der Waals surface area contributed by atoms with Gasteiger partial charge in [0.15, 0.2) is 23.0 Å². The number of phenols is 1. The minimum absolute atomic E-state index is 0.142. The summed E-state index contributed by atoms with van der Waals surface area (Å²) >= 11 is 0. The first-order valence-electron chi connectivity index (χ1n) is 8.02. The number of nitrogens with zero attached hydrogens (tertiary/aromatic N) is 1. The highest BCUT2D eigenvalue weighted by molar-refractivity contribution is 5.59. The molecule has 5 rings (SSSR count). The molecule has 2 aromatic carbocycles. The zero-order valence-corrected chi connectivity index (χ0v) is 13.3. The third-order valence-electron chi connectivity index (χ3n) is 5.02. The fraction of sp³-hybridized carbons (Fsp3) is 0.263. The van der Waals surface area contributed by atoms with Crippen LogP contribution >= 0.6 is 0 Å². The molecule has 1 N–H and O–H groups in total. The van der Waals surface area contributed by atoms with Crippen LogP contribution in [0.1, 0.15) is 17.2 Å². The van der Waals surface area contributed by atoms with E-state index in [0.29, 0.717) is 12.5 Å². The van der Waals surface area contributed by atoms with Gasteiger partial charge in [-0.05, 0) is 47.0 Å². The summed E-state index contributed by atoms with van der Waals surface area (Å²) in [5.74, 6) is 2.34. The maximum absolute atomic E-state index is 10.4. The van der Waals surface area contributed by atoms with Crippen LogP contribution in [0.4, 0.5) is 0 Å². The summed E-state index contributed by atoms with van der Waals surface area (Å²) in [5, 5.41) is 12.2. The molecular formula is C19H17NO4. The lowest BCUT2D eigenvalue weighted by Crippen LogP contribution is -2.40. The van der Waals surface area contributed by atoms with Gasteiger partial charge in [-0.15, -0.1) is 0 Å². The van der Waals surface area contributed by atoms with Gasteiger partial charge < -0.3 is 24.2 Å². The number of aromatic hydroxyl groups is 1. The average Bonchev–Trinajstić information content (AvgIpc) is 3.06. The molecule has 3 heterocycles. The number of benzene rings is 2. The predicted octanol–water partition coefficient (Wildman–Crippen LogP) is 1.26. The zero-order valence-electron chi connectivity index (χ0n) is 13.3. The monoisotopic (exact) mass is 323 g/mol. The molecule has 2 aromatic rings. The van der Waals surface area contributed by atoms with Crippen LogP contribution in [0.25, 0.3) is 12.3 Å². The Kier molecular flexibility index (Phi) is 2.74. The van der Waals surface area contributed by atoms with Gasteiger partial charge in [-0.1, -0.05) is 6.07 Å². The van der Waals surface area contributed by atoms with E-state index < -0.39 is 0 Å².